The average molecular weight is 548 g/mol. The summed E-state index contributed by atoms with van der Waals surface area (Å²) >= 11 is 0. The molecule has 1 amide bonds. The van der Waals surface area contributed by atoms with E-state index in [1.54, 1.807) is 13.3 Å². The predicted molar refractivity (Wildman–Crippen MR) is 159 cm³/mol. The molecule has 1 aliphatic rings. The number of likely N-dealkylation sites (tertiary alicyclic amines) is 1. The molecular formula is C32H45N5O3. The van der Waals surface area contributed by atoms with Crippen LogP contribution in [0.5, 0.6) is 5.88 Å². The van der Waals surface area contributed by atoms with Crippen molar-refractivity contribution in [2.24, 2.45) is 5.92 Å². The zero-order valence-electron chi connectivity index (χ0n) is 24.5. The lowest BCUT2D eigenvalue weighted by Crippen LogP contribution is -2.40. The number of methoxy groups -OCH3 is 1. The Morgan fingerprint density at radius 3 is 2.65 bits per heavy atom. The zero-order valence-corrected chi connectivity index (χ0v) is 24.5. The predicted octanol–water partition coefficient (Wildman–Crippen LogP) is 6.23. The van der Waals surface area contributed by atoms with Gasteiger partial charge in [0.05, 0.1) is 36.1 Å². The van der Waals surface area contributed by atoms with Crippen molar-refractivity contribution in [2.75, 3.05) is 20.2 Å². The summed E-state index contributed by atoms with van der Waals surface area (Å²) < 4.78 is 5.61. The summed E-state index contributed by atoms with van der Waals surface area (Å²) in [6, 6.07) is 10.3. The number of Topliss-reactive ketones (excluding diaryl/α,β-unsaturated/α-hetero) is 1. The van der Waals surface area contributed by atoms with Gasteiger partial charge < -0.3 is 19.9 Å². The molecule has 2 aromatic heterocycles. The number of hydrogen-bond donors (Lipinski definition) is 2. The normalized spacial score (nSPS) is 15.4. The number of aromatic nitrogens is 3. The molecule has 4 rings (SSSR count). The topological polar surface area (TPSA) is 100 Å². The number of amides is 1. The molecule has 0 unspecified atom stereocenters. The molecule has 8 nitrogen and oxygen atoms in total. The summed E-state index contributed by atoms with van der Waals surface area (Å²) in [5, 5.41) is 4.31. The van der Waals surface area contributed by atoms with Gasteiger partial charge in [0.2, 0.25) is 11.8 Å². The van der Waals surface area contributed by atoms with Gasteiger partial charge in [-0.15, -0.1) is 0 Å². The molecule has 40 heavy (non-hydrogen) atoms. The third-order valence-electron chi connectivity index (χ3n) is 8.13. The number of carbonyl (C=O) groups is 2. The molecule has 0 radical (unpaired) electrons. The molecule has 1 saturated heterocycles. The van der Waals surface area contributed by atoms with E-state index < -0.39 is 0 Å². The van der Waals surface area contributed by atoms with Crippen LogP contribution in [-0.2, 0) is 9.59 Å². The molecule has 1 aromatic carbocycles. The fourth-order valence-electron chi connectivity index (χ4n) is 5.59. The first-order chi connectivity index (χ1) is 19.4. The van der Waals surface area contributed by atoms with Gasteiger partial charge in [-0.05, 0) is 70.7 Å². The Bertz CT molecular complexity index is 1260. The van der Waals surface area contributed by atoms with E-state index in [9.17, 15) is 9.59 Å². The van der Waals surface area contributed by atoms with Gasteiger partial charge in [0.25, 0.3) is 0 Å². The van der Waals surface area contributed by atoms with Crippen molar-refractivity contribution >= 4 is 22.6 Å². The molecule has 0 saturated carbocycles. The van der Waals surface area contributed by atoms with Crippen molar-refractivity contribution in [1.29, 1.82) is 0 Å². The Labute approximate surface area is 238 Å². The van der Waals surface area contributed by atoms with Crippen LogP contribution in [0.2, 0.25) is 0 Å². The number of benzene rings is 1. The van der Waals surface area contributed by atoms with Crippen molar-refractivity contribution in [3.63, 3.8) is 0 Å². The van der Waals surface area contributed by atoms with Gasteiger partial charge in [0.1, 0.15) is 11.6 Å². The highest BCUT2D eigenvalue weighted by atomic mass is 16.5. The van der Waals surface area contributed by atoms with Crippen LogP contribution in [0.25, 0.3) is 22.2 Å². The molecule has 216 valence electrons. The molecule has 3 heterocycles. The lowest BCUT2D eigenvalue weighted by atomic mass is 9.92. The fraction of sp³-hybridized carbons (Fsp3) is 0.562. The van der Waals surface area contributed by atoms with E-state index >= 15 is 0 Å². The zero-order chi connectivity index (χ0) is 28.5. The lowest BCUT2D eigenvalue weighted by Gasteiger charge is -2.34. The van der Waals surface area contributed by atoms with Crippen LogP contribution in [-0.4, -0.2) is 57.8 Å². The van der Waals surface area contributed by atoms with Gasteiger partial charge in [-0.2, -0.15) is 0 Å². The minimum Gasteiger partial charge on any atom is -0.480 e. The number of pyridine rings is 1. The van der Waals surface area contributed by atoms with E-state index in [0.717, 1.165) is 79.6 Å². The highest BCUT2D eigenvalue weighted by molar-refractivity contribution is 5.85. The highest BCUT2D eigenvalue weighted by Crippen LogP contribution is 2.32. The number of H-pyrrole nitrogens is 1. The first-order valence-corrected chi connectivity index (χ1v) is 14.9. The summed E-state index contributed by atoms with van der Waals surface area (Å²) in [6.45, 7) is 8.49. The van der Waals surface area contributed by atoms with Crippen molar-refractivity contribution < 1.29 is 14.3 Å². The summed E-state index contributed by atoms with van der Waals surface area (Å²) in [7, 11) is 1.62. The van der Waals surface area contributed by atoms with Crippen LogP contribution >= 0.6 is 0 Å². The van der Waals surface area contributed by atoms with Crippen LogP contribution in [0.4, 0.5) is 0 Å². The monoisotopic (exact) mass is 547 g/mol. The first-order valence-electron chi connectivity index (χ1n) is 14.9. The molecule has 8 heteroatoms. The number of piperidine rings is 1. The molecule has 0 bridgehead atoms. The largest absolute Gasteiger partial charge is 0.480 e. The number of aromatic amines is 1. The van der Waals surface area contributed by atoms with E-state index in [0.29, 0.717) is 42.9 Å². The number of nitrogens with one attached hydrogen (secondary N) is 2. The Morgan fingerprint density at radius 2 is 1.93 bits per heavy atom. The van der Waals surface area contributed by atoms with E-state index in [4.69, 9.17) is 9.72 Å². The number of ketones is 1. The van der Waals surface area contributed by atoms with Crippen LogP contribution in [0, 0.1) is 5.92 Å². The smallest absolute Gasteiger partial charge is 0.223 e. The number of hydrogen-bond acceptors (Lipinski definition) is 6. The maximum absolute atomic E-state index is 13.2. The minimum absolute atomic E-state index is 0.0806. The standard InChI is InChI=1S/C32H45N5O3/c1-5-25(38)12-7-6-8-14-28(34-30(39)19-23-15-17-37(18-16-23)22(2)3)31-33-21-29(35-31)26-20-24-11-9-10-13-27(24)36-32(26)40-4/h9-11,13,20-23,28H,5-8,12,14-19H2,1-4H3,(H,33,35)(H,34,39)/t28-/m0/s1. The quantitative estimate of drug-likeness (QED) is 0.232. The molecule has 0 aliphatic carbocycles. The maximum atomic E-state index is 13.2. The molecule has 1 fully saturated rings. The van der Waals surface area contributed by atoms with Crippen LogP contribution in [0.15, 0.2) is 36.5 Å². The van der Waals surface area contributed by atoms with Gasteiger partial charge >= 0.3 is 0 Å². The van der Waals surface area contributed by atoms with Crippen LogP contribution in [0.1, 0.15) is 90.4 Å². The third kappa shape index (κ3) is 7.90. The average Bonchev–Trinajstić information content (AvgIpc) is 3.46. The van der Waals surface area contributed by atoms with Gasteiger partial charge in [-0.3, -0.25) is 9.59 Å². The molecule has 3 aromatic rings. The second-order valence-corrected chi connectivity index (χ2v) is 11.3. The van der Waals surface area contributed by atoms with Crippen molar-refractivity contribution in [2.45, 2.75) is 90.6 Å². The van der Waals surface area contributed by atoms with Crippen molar-refractivity contribution in [3.8, 4) is 17.1 Å². The number of carbonyl (C=O) groups excluding carboxylic acids is 2. The van der Waals surface area contributed by atoms with Gasteiger partial charge in [0.15, 0.2) is 0 Å². The number of rotatable bonds is 14. The Hall–Kier alpha value is -3.26. The number of unbranched alkanes of at least 4 members (excludes halogenated alkanes) is 2. The lowest BCUT2D eigenvalue weighted by molar-refractivity contribution is -0.123. The summed E-state index contributed by atoms with van der Waals surface area (Å²) in [5.74, 6) is 2.07. The van der Waals surface area contributed by atoms with E-state index in [2.05, 4.69) is 40.1 Å². The van der Waals surface area contributed by atoms with Gasteiger partial charge in [-0.1, -0.05) is 38.0 Å². The summed E-state index contributed by atoms with van der Waals surface area (Å²) in [5.41, 5.74) is 2.51. The molecule has 1 aliphatic heterocycles. The van der Waals surface area contributed by atoms with E-state index in [-0.39, 0.29) is 11.9 Å². The number of ether oxygens (including phenoxy) is 1. The molecule has 1 atom stereocenters. The SMILES string of the molecule is CCC(=O)CCCCC[C@H](NC(=O)CC1CCN(C(C)C)CC1)c1ncc(-c2cc3ccccc3nc2OC)[nH]1. The second-order valence-electron chi connectivity index (χ2n) is 11.3. The Balaban J connectivity index is 1.46. The Kier molecular flexibility index (Phi) is 10.7. The van der Waals surface area contributed by atoms with Gasteiger partial charge in [-0.25, -0.2) is 9.97 Å². The maximum Gasteiger partial charge on any atom is 0.223 e. The minimum atomic E-state index is -0.224. The number of fused-ring (bicyclic) bond motifs is 1. The Morgan fingerprint density at radius 1 is 1.15 bits per heavy atom. The fourth-order valence-corrected chi connectivity index (χ4v) is 5.59. The van der Waals surface area contributed by atoms with Gasteiger partial charge in [0, 0.05) is 30.7 Å². The molecule has 0 spiro atoms. The summed E-state index contributed by atoms with van der Waals surface area (Å²) in [6.07, 6.45) is 9.17. The first kappa shape index (κ1) is 29.7. The molecule has 2 N–H and O–H groups in total. The summed E-state index contributed by atoms with van der Waals surface area (Å²) in [4.78, 5) is 40.2. The highest BCUT2D eigenvalue weighted by Gasteiger charge is 2.25. The van der Waals surface area contributed by atoms with Crippen molar-refractivity contribution in [1.82, 2.24) is 25.2 Å². The number of para-hydroxylation sites is 1. The van der Waals surface area contributed by atoms with Crippen LogP contribution < -0.4 is 10.1 Å². The van der Waals surface area contributed by atoms with E-state index in [1.807, 2.05) is 31.2 Å². The van der Waals surface area contributed by atoms with E-state index in [1.165, 1.54) is 0 Å². The van der Waals surface area contributed by atoms with Crippen molar-refractivity contribution in [3.05, 3.63) is 42.4 Å². The molecular weight excluding hydrogens is 502 g/mol. The van der Waals surface area contributed by atoms with Crippen LogP contribution in [0.3, 0.4) is 0 Å². The number of imidazole rings is 1. The second kappa shape index (κ2) is 14.4. The number of nitrogens with zero attached hydrogens (tertiary/aromatic N) is 3. The third-order valence-corrected chi connectivity index (χ3v) is 8.13.